The molecule has 11 heteroatoms. The van der Waals surface area contributed by atoms with Crippen molar-refractivity contribution in [3.63, 3.8) is 0 Å². The van der Waals surface area contributed by atoms with Gasteiger partial charge in [-0.2, -0.15) is 0 Å². The first-order valence-electron chi connectivity index (χ1n) is 14.1. The number of alkyl carbamates (subject to hydrolysis) is 1. The Labute approximate surface area is 244 Å². The average molecular weight is 579 g/mol. The van der Waals surface area contributed by atoms with Crippen molar-refractivity contribution in [2.45, 2.75) is 82.0 Å². The molecule has 0 radical (unpaired) electrons. The molecular formula is C30H38N6O4S. The van der Waals surface area contributed by atoms with Gasteiger partial charge in [0.25, 0.3) is 0 Å². The number of hydrogen-bond donors (Lipinski definition) is 3. The van der Waals surface area contributed by atoms with Crippen molar-refractivity contribution in [2.24, 2.45) is 5.92 Å². The zero-order chi connectivity index (χ0) is 29.0. The summed E-state index contributed by atoms with van der Waals surface area (Å²) < 4.78 is 11.0. The van der Waals surface area contributed by atoms with E-state index in [1.807, 2.05) is 45.0 Å². The van der Waals surface area contributed by atoms with E-state index in [0.29, 0.717) is 36.5 Å². The molecule has 0 bridgehead atoms. The van der Waals surface area contributed by atoms with Gasteiger partial charge in [-0.15, -0.1) is 11.8 Å². The van der Waals surface area contributed by atoms with Gasteiger partial charge in [-0.3, -0.25) is 9.78 Å². The molecule has 218 valence electrons. The van der Waals surface area contributed by atoms with Gasteiger partial charge >= 0.3 is 6.09 Å². The fraction of sp³-hybridized carbons (Fsp3) is 0.500. The molecule has 2 aliphatic rings. The summed E-state index contributed by atoms with van der Waals surface area (Å²) >= 11 is 1.52. The molecule has 1 aliphatic heterocycles. The van der Waals surface area contributed by atoms with Gasteiger partial charge in [-0.25, -0.2) is 14.8 Å². The number of nitrogens with one attached hydrogen (secondary N) is 3. The maximum absolute atomic E-state index is 12.9. The minimum absolute atomic E-state index is 0.0114. The SMILES string of the molecule is COc1ccc2nccc(C[C@@H](NC(=O)OC(C)(C)C)C3CCC(NCc4ccc5c(n4)NC(=O)CS5)CC3)c2n1. The molecule has 5 rings (SSSR count). The van der Waals surface area contributed by atoms with E-state index in [0.717, 1.165) is 52.9 Å². The molecule has 0 aromatic carbocycles. The topological polar surface area (TPSA) is 127 Å². The monoisotopic (exact) mass is 578 g/mol. The first kappa shape index (κ1) is 29.1. The van der Waals surface area contributed by atoms with Crippen LogP contribution in [0.25, 0.3) is 11.0 Å². The Hall–Kier alpha value is -3.44. The minimum Gasteiger partial charge on any atom is -0.481 e. The second-order valence-corrected chi connectivity index (χ2v) is 12.6. The lowest BCUT2D eigenvalue weighted by atomic mass is 9.79. The summed E-state index contributed by atoms with van der Waals surface area (Å²) in [7, 11) is 1.60. The highest BCUT2D eigenvalue weighted by molar-refractivity contribution is 8.00. The van der Waals surface area contributed by atoms with Crippen molar-refractivity contribution in [1.82, 2.24) is 25.6 Å². The summed E-state index contributed by atoms with van der Waals surface area (Å²) in [5, 5.41) is 9.70. The Kier molecular flexibility index (Phi) is 8.94. The number of carbonyl (C=O) groups is 2. The fourth-order valence-electron chi connectivity index (χ4n) is 5.45. The van der Waals surface area contributed by atoms with Crippen LogP contribution in [0.15, 0.2) is 41.4 Å². The van der Waals surface area contributed by atoms with Crippen LogP contribution in [0, 0.1) is 5.92 Å². The minimum atomic E-state index is -0.583. The molecule has 0 saturated heterocycles. The number of anilines is 1. The van der Waals surface area contributed by atoms with E-state index in [1.54, 1.807) is 19.4 Å². The predicted octanol–water partition coefficient (Wildman–Crippen LogP) is 4.86. The predicted molar refractivity (Wildman–Crippen MR) is 159 cm³/mol. The van der Waals surface area contributed by atoms with Gasteiger partial charge in [0.2, 0.25) is 11.8 Å². The highest BCUT2D eigenvalue weighted by atomic mass is 32.2. The van der Waals surface area contributed by atoms with Gasteiger partial charge in [-0.05, 0) is 88.6 Å². The molecule has 41 heavy (non-hydrogen) atoms. The van der Waals surface area contributed by atoms with E-state index in [1.165, 1.54) is 11.8 Å². The smallest absolute Gasteiger partial charge is 0.407 e. The van der Waals surface area contributed by atoms with Crippen LogP contribution in [-0.4, -0.2) is 57.5 Å². The molecule has 0 spiro atoms. The normalized spacial score (nSPS) is 19.7. The summed E-state index contributed by atoms with van der Waals surface area (Å²) in [6.45, 7) is 6.25. The quantitative estimate of drug-likeness (QED) is 0.343. The van der Waals surface area contributed by atoms with Crippen molar-refractivity contribution < 1.29 is 19.1 Å². The van der Waals surface area contributed by atoms with Crippen LogP contribution < -0.4 is 20.7 Å². The molecule has 0 unspecified atom stereocenters. The number of pyridine rings is 3. The molecule has 2 amide bonds. The van der Waals surface area contributed by atoms with Crippen LogP contribution >= 0.6 is 11.8 Å². The Morgan fingerprint density at radius 2 is 1.93 bits per heavy atom. The number of hydrogen-bond acceptors (Lipinski definition) is 9. The Morgan fingerprint density at radius 3 is 2.68 bits per heavy atom. The van der Waals surface area contributed by atoms with Crippen molar-refractivity contribution in [3.8, 4) is 5.88 Å². The van der Waals surface area contributed by atoms with E-state index in [4.69, 9.17) is 9.47 Å². The number of thioether (sulfide) groups is 1. The van der Waals surface area contributed by atoms with Gasteiger partial charge in [0.15, 0.2) is 0 Å². The molecule has 1 aliphatic carbocycles. The summed E-state index contributed by atoms with van der Waals surface area (Å²) in [6.07, 6.45) is 5.88. The molecule has 3 aromatic heterocycles. The van der Waals surface area contributed by atoms with Crippen molar-refractivity contribution in [3.05, 3.63) is 47.8 Å². The summed E-state index contributed by atoms with van der Waals surface area (Å²) in [5.41, 5.74) is 2.91. The molecule has 10 nitrogen and oxygen atoms in total. The van der Waals surface area contributed by atoms with Gasteiger partial charge in [0, 0.05) is 30.9 Å². The number of methoxy groups -OCH3 is 1. The van der Waals surface area contributed by atoms with E-state index < -0.39 is 11.7 Å². The standard InChI is InChI=1S/C30H38N6O4S/c1-30(2,3)40-29(38)34-23(15-19-13-14-31-22-10-12-26(39-4)36-27(19)22)18-5-7-20(8-6-18)32-16-21-9-11-24-28(33-21)35-25(37)17-41-24/h9-14,18,20,23,32H,5-8,15-17H2,1-4H3,(H,34,38)(H,33,35,37)/t18?,20?,23-/m1/s1. The van der Waals surface area contributed by atoms with Crippen LogP contribution in [0.5, 0.6) is 5.88 Å². The lowest BCUT2D eigenvalue weighted by Gasteiger charge is -2.35. The van der Waals surface area contributed by atoms with Crippen LogP contribution in [0.2, 0.25) is 0 Å². The molecule has 1 fully saturated rings. The molecule has 1 atom stereocenters. The lowest BCUT2D eigenvalue weighted by Crippen LogP contribution is -2.46. The first-order valence-corrected chi connectivity index (χ1v) is 15.1. The first-order chi connectivity index (χ1) is 19.7. The van der Waals surface area contributed by atoms with Gasteiger partial charge in [0.05, 0.1) is 34.5 Å². The number of rotatable bonds is 8. The van der Waals surface area contributed by atoms with Crippen molar-refractivity contribution >= 4 is 40.6 Å². The van der Waals surface area contributed by atoms with Crippen LogP contribution in [-0.2, 0) is 22.5 Å². The molecule has 1 saturated carbocycles. The maximum atomic E-state index is 12.9. The number of aromatic nitrogens is 3. The molecule has 4 heterocycles. The van der Waals surface area contributed by atoms with E-state index in [2.05, 4.69) is 30.9 Å². The van der Waals surface area contributed by atoms with E-state index in [-0.39, 0.29) is 17.9 Å². The highest BCUT2D eigenvalue weighted by Crippen LogP contribution is 2.32. The second-order valence-electron chi connectivity index (χ2n) is 11.6. The molecule has 3 aromatic rings. The Morgan fingerprint density at radius 1 is 1.12 bits per heavy atom. The van der Waals surface area contributed by atoms with Crippen LogP contribution in [0.1, 0.15) is 57.7 Å². The van der Waals surface area contributed by atoms with Gasteiger partial charge in [-0.1, -0.05) is 0 Å². The van der Waals surface area contributed by atoms with E-state index in [9.17, 15) is 9.59 Å². The van der Waals surface area contributed by atoms with Gasteiger partial charge < -0.3 is 25.4 Å². The number of amides is 2. The third-order valence-electron chi connectivity index (χ3n) is 7.44. The van der Waals surface area contributed by atoms with Crippen LogP contribution in [0.4, 0.5) is 10.6 Å². The van der Waals surface area contributed by atoms with E-state index >= 15 is 0 Å². The van der Waals surface area contributed by atoms with Crippen molar-refractivity contribution in [1.29, 1.82) is 0 Å². The average Bonchev–Trinajstić information content (AvgIpc) is 2.94. The number of fused-ring (bicyclic) bond motifs is 2. The maximum Gasteiger partial charge on any atom is 0.407 e. The Bertz CT molecular complexity index is 1400. The van der Waals surface area contributed by atoms with Gasteiger partial charge in [0.1, 0.15) is 11.4 Å². The summed E-state index contributed by atoms with van der Waals surface area (Å²) in [4.78, 5) is 39.4. The highest BCUT2D eigenvalue weighted by Gasteiger charge is 2.31. The zero-order valence-electron chi connectivity index (χ0n) is 24.0. The number of carbonyl (C=O) groups excluding carboxylic acids is 2. The largest absolute Gasteiger partial charge is 0.481 e. The fourth-order valence-corrected chi connectivity index (χ4v) is 6.20. The number of ether oxygens (including phenoxy) is 2. The molecule has 3 N–H and O–H groups in total. The Balaban J connectivity index is 1.25. The summed E-state index contributed by atoms with van der Waals surface area (Å²) in [5.74, 6) is 1.89. The molecular weight excluding hydrogens is 540 g/mol. The third-order valence-corrected chi connectivity index (χ3v) is 8.49. The van der Waals surface area contributed by atoms with Crippen LogP contribution in [0.3, 0.4) is 0 Å². The summed E-state index contributed by atoms with van der Waals surface area (Å²) in [6, 6.07) is 9.96. The van der Waals surface area contributed by atoms with Crippen molar-refractivity contribution in [2.75, 3.05) is 18.2 Å². The number of nitrogens with zero attached hydrogens (tertiary/aromatic N) is 3. The zero-order valence-corrected chi connectivity index (χ0v) is 24.8. The third kappa shape index (κ3) is 7.65. The lowest BCUT2D eigenvalue weighted by molar-refractivity contribution is -0.113. The second kappa shape index (κ2) is 12.6.